The van der Waals surface area contributed by atoms with Gasteiger partial charge < -0.3 is 0 Å². The molecule has 8 heteroatoms. The van der Waals surface area contributed by atoms with Gasteiger partial charge in [0.1, 0.15) is 11.4 Å². The molecule has 1 saturated carbocycles. The summed E-state index contributed by atoms with van der Waals surface area (Å²) in [6.07, 6.45) is 0. The zero-order chi connectivity index (χ0) is 9.71. The minimum absolute atomic E-state index is 0.0415. The Kier molecular flexibility index (Phi) is 1.16. The molecule has 2 heterocycles. The Morgan fingerprint density at radius 1 is 0.786 bits per heavy atom. The fraction of sp³-hybridized carbons (Fsp3) is 0.333. The van der Waals surface area contributed by atoms with Crippen LogP contribution in [-0.2, 0) is 9.59 Å². The van der Waals surface area contributed by atoms with E-state index in [2.05, 4.69) is 30.9 Å². The lowest BCUT2D eigenvalue weighted by Gasteiger charge is -2.16. The number of carbonyl (C=O) groups excluding carboxylic acids is 2. The molecule has 68 valence electrons. The standard InChI is InChI=1S/C6H2N6O2/c13-5-1-2(8-11-7-1)6(14)4-3(5)9-12-10-4/h1,4H/t1-,4-/m0/s1. The normalized spacial score (nSPS) is 32.9. The quantitative estimate of drug-likeness (QED) is 0.514. The first-order valence-corrected chi connectivity index (χ1v) is 3.83. The fourth-order valence-electron chi connectivity index (χ4n) is 1.47. The van der Waals surface area contributed by atoms with E-state index < -0.39 is 12.1 Å². The van der Waals surface area contributed by atoms with Crippen molar-refractivity contribution in [1.29, 1.82) is 0 Å². The predicted octanol–water partition coefficient (Wildman–Crippen LogP) is -0.481. The highest BCUT2D eigenvalue weighted by atomic mass is 16.1. The number of nitrogens with zero attached hydrogens (tertiary/aromatic N) is 6. The fourth-order valence-corrected chi connectivity index (χ4v) is 1.47. The summed E-state index contributed by atoms with van der Waals surface area (Å²) in [4.78, 5) is 23.2. The van der Waals surface area contributed by atoms with Crippen molar-refractivity contribution in [2.24, 2.45) is 30.9 Å². The molecule has 2 atom stereocenters. The number of rotatable bonds is 0. The van der Waals surface area contributed by atoms with E-state index in [-0.39, 0.29) is 23.0 Å². The van der Waals surface area contributed by atoms with Crippen molar-refractivity contribution in [3.8, 4) is 0 Å². The van der Waals surface area contributed by atoms with Gasteiger partial charge in [-0.2, -0.15) is 10.2 Å². The maximum absolute atomic E-state index is 11.6. The SMILES string of the molecule is O=C1C2=NN=N[C@@H]2C(=O)C2=NN=N[C@H]12. The zero-order valence-electron chi connectivity index (χ0n) is 6.65. The lowest BCUT2D eigenvalue weighted by Crippen LogP contribution is -2.51. The number of hydrogen-bond acceptors (Lipinski definition) is 8. The van der Waals surface area contributed by atoms with Crippen molar-refractivity contribution in [2.75, 3.05) is 0 Å². The van der Waals surface area contributed by atoms with Crippen LogP contribution >= 0.6 is 0 Å². The Morgan fingerprint density at radius 2 is 1.21 bits per heavy atom. The van der Waals surface area contributed by atoms with E-state index >= 15 is 0 Å². The zero-order valence-corrected chi connectivity index (χ0v) is 6.65. The first-order valence-electron chi connectivity index (χ1n) is 3.83. The number of fused-ring (bicyclic) bond motifs is 2. The van der Waals surface area contributed by atoms with Crippen LogP contribution in [0, 0.1) is 0 Å². The summed E-state index contributed by atoms with van der Waals surface area (Å²) in [5.41, 5.74) is 0.0830. The van der Waals surface area contributed by atoms with Crippen LogP contribution in [0.5, 0.6) is 0 Å². The monoisotopic (exact) mass is 190 g/mol. The molecule has 0 N–H and O–H groups in total. The van der Waals surface area contributed by atoms with Gasteiger partial charge in [-0.3, -0.25) is 9.59 Å². The van der Waals surface area contributed by atoms with E-state index in [0.717, 1.165) is 0 Å². The van der Waals surface area contributed by atoms with Crippen LogP contribution in [-0.4, -0.2) is 35.1 Å². The summed E-state index contributed by atoms with van der Waals surface area (Å²) in [7, 11) is 0. The average Bonchev–Trinajstić information content (AvgIpc) is 2.82. The highest BCUT2D eigenvalue weighted by molar-refractivity contribution is 6.66. The molecular weight excluding hydrogens is 188 g/mol. The van der Waals surface area contributed by atoms with Crippen molar-refractivity contribution in [3.05, 3.63) is 0 Å². The molecule has 0 amide bonds. The van der Waals surface area contributed by atoms with Crippen molar-refractivity contribution >= 4 is 23.0 Å². The topological polar surface area (TPSA) is 108 Å². The van der Waals surface area contributed by atoms with Crippen LogP contribution in [0.1, 0.15) is 0 Å². The van der Waals surface area contributed by atoms with E-state index in [1.165, 1.54) is 0 Å². The predicted molar refractivity (Wildman–Crippen MR) is 42.2 cm³/mol. The van der Waals surface area contributed by atoms with Gasteiger partial charge in [0.15, 0.2) is 12.1 Å². The Hall–Kier alpha value is -2.12. The minimum Gasteiger partial charge on any atom is -0.290 e. The lowest BCUT2D eigenvalue weighted by molar-refractivity contribution is -0.118. The number of carbonyl (C=O) groups is 2. The maximum atomic E-state index is 11.6. The average molecular weight is 190 g/mol. The lowest BCUT2D eigenvalue weighted by atomic mass is 9.86. The third-order valence-electron chi connectivity index (χ3n) is 2.16. The maximum Gasteiger partial charge on any atom is 0.214 e. The molecule has 0 saturated heterocycles. The molecule has 0 aromatic rings. The molecule has 0 aromatic heterocycles. The first-order chi connectivity index (χ1) is 6.79. The molecule has 0 spiro atoms. The third-order valence-corrected chi connectivity index (χ3v) is 2.16. The van der Waals surface area contributed by atoms with Gasteiger partial charge in [0.05, 0.1) is 0 Å². The van der Waals surface area contributed by atoms with Crippen LogP contribution in [0.3, 0.4) is 0 Å². The summed E-state index contributed by atoms with van der Waals surface area (Å²) in [5, 5.41) is 20.7. The van der Waals surface area contributed by atoms with Crippen molar-refractivity contribution in [3.63, 3.8) is 0 Å². The summed E-state index contributed by atoms with van der Waals surface area (Å²) in [6, 6.07) is -1.83. The summed E-state index contributed by atoms with van der Waals surface area (Å²) in [5.74, 6) is -0.779. The smallest absolute Gasteiger partial charge is 0.214 e. The van der Waals surface area contributed by atoms with Crippen LogP contribution in [0.15, 0.2) is 30.9 Å². The molecule has 8 nitrogen and oxygen atoms in total. The Balaban J connectivity index is 2.15. The van der Waals surface area contributed by atoms with Gasteiger partial charge in [-0.25, -0.2) is 0 Å². The van der Waals surface area contributed by atoms with Crippen molar-refractivity contribution in [2.45, 2.75) is 12.1 Å². The molecule has 0 bridgehead atoms. The van der Waals surface area contributed by atoms with Gasteiger partial charge in [0.2, 0.25) is 11.6 Å². The highest BCUT2D eigenvalue weighted by Gasteiger charge is 2.49. The van der Waals surface area contributed by atoms with Gasteiger partial charge in [-0.1, -0.05) is 0 Å². The van der Waals surface area contributed by atoms with Crippen molar-refractivity contribution in [1.82, 2.24) is 0 Å². The van der Waals surface area contributed by atoms with Crippen LogP contribution in [0.2, 0.25) is 0 Å². The molecule has 0 unspecified atom stereocenters. The second kappa shape index (κ2) is 2.22. The summed E-state index contributed by atoms with van der Waals surface area (Å²) in [6.45, 7) is 0. The third kappa shape index (κ3) is 0.679. The van der Waals surface area contributed by atoms with Crippen LogP contribution < -0.4 is 0 Å². The molecule has 14 heavy (non-hydrogen) atoms. The van der Waals surface area contributed by atoms with Crippen molar-refractivity contribution < 1.29 is 9.59 Å². The molecule has 1 fully saturated rings. The van der Waals surface area contributed by atoms with E-state index in [1.807, 2.05) is 0 Å². The molecule has 2 aliphatic heterocycles. The minimum atomic E-state index is -0.916. The van der Waals surface area contributed by atoms with Gasteiger partial charge in [-0.05, 0) is 10.4 Å². The Labute approximate surface area is 76.5 Å². The number of ketones is 2. The second-order valence-electron chi connectivity index (χ2n) is 2.91. The second-order valence-corrected chi connectivity index (χ2v) is 2.91. The van der Waals surface area contributed by atoms with Crippen LogP contribution in [0.25, 0.3) is 0 Å². The van der Waals surface area contributed by atoms with Crippen LogP contribution in [0.4, 0.5) is 0 Å². The van der Waals surface area contributed by atoms with Gasteiger partial charge in [-0.15, -0.1) is 10.2 Å². The van der Waals surface area contributed by atoms with Gasteiger partial charge >= 0.3 is 0 Å². The number of hydrogen-bond donors (Lipinski definition) is 0. The highest BCUT2D eigenvalue weighted by Crippen LogP contribution is 2.22. The van der Waals surface area contributed by atoms with E-state index in [1.54, 1.807) is 0 Å². The molecule has 0 radical (unpaired) electrons. The summed E-state index contributed by atoms with van der Waals surface area (Å²) >= 11 is 0. The van der Waals surface area contributed by atoms with E-state index in [0.29, 0.717) is 0 Å². The molecule has 0 aromatic carbocycles. The van der Waals surface area contributed by atoms with Gasteiger partial charge in [0.25, 0.3) is 0 Å². The first kappa shape index (κ1) is 7.30. The molecule has 1 aliphatic carbocycles. The Bertz CT molecular complexity index is 429. The number of Topliss-reactive ketones (excluding diaryl/α,β-unsaturated/α-hetero) is 2. The largest absolute Gasteiger partial charge is 0.290 e. The molecular formula is C6H2N6O2. The van der Waals surface area contributed by atoms with E-state index in [4.69, 9.17) is 0 Å². The summed E-state index contributed by atoms with van der Waals surface area (Å²) < 4.78 is 0. The van der Waals surface area contributed by atoms with E-state index in [9.17, 15) is 9.59 Å². The van der Waals surface area contributed by atoms with Gasteiger partial charge in [0, 0.05) is 0 Å². The Morgan fingerprint density at radius 3 is 1.64 bits per heavy atom. The molecule has 3 rings (SSSR count). The molecule has 3 aliphatic rings.